The lowest BCUT2D eigenvalue weighted by molar-refractivity contribution is -0.144. The number of ether oxygens (including phenoxy) is 4. The highest BCUT2D eigenvalue weighted by Gasteiger charge is 2.30. The maximum atomic E-state index is 13.5. The van der Waals surface area contributed by atoms with E-state index in [4.69, 9.17) is 41.3 Å². The Labute approximate surface area is 498 Å². The predicted molar refractivity (Wildman–Crippen MR) is 321 cm³/mol. The third-order valence-corrected chi connectivity index (χ3v) is 13.9. The molecule has 23 heteroatoms. The number of rotatable bonds is 55. The normalized spacial score (nSPS) is 12.8. The van der Waals surface area contributed by atoms with Crippen LogP contribution in [0.2, 0.25) is 0 Å². The van der Waals surface area contributed by atoms with Gasteiger partial charge in [0.15, 0.2) is 23.3 Å². The Kier molecular flexibility index (Phi) is 47.9. The van der Waals surface area contributed by atoms with E-state index in [0.29, 0.717) is 31.2 Å². The number of carbonyl (C=O) groups excluding carboxylic acids is 7. The van der Waals surface area contributed by atoms with Crippen LogP contribution in [0.3, 0.4) is 0 Å². The highest BCUT2D eigenvalue weighted by atomic mass is 16.5. The van der Waals surface area contributed by atoms with Crippen LogP contribution in [0.5, 0.6) is 5.75 Å². The van der Waals surface area contributed by atoms with Gasteiger partial charge in [-0.05, 0) is 62.1 Å². The number of carbonyl (C=O) groups is 9. The molecule has 0 fully saturated rings. The van der Waals surface area contributed by atoms with Crippen molar-refractivity contribution in [2.24, 2.45) is 39.9 Å². The average molecular weight is 1190 g/mol. The van der Waals surface area contributed by atoms with Crippen molar-refractivity contribution in [1.82, 2.24) is 16.0 Å². The highest BCUT2D eigenvalue weighted by molar-refractivity contribution is 5.93. The van der Waals surface area contributed by atoms with Gasteiger partial charge in [0.25, 0.3) is 0 Å². The van der Waals surface area contributed by atoms with E-state index in [1.54, 1.807) is 12.1 Å². The zero-order valence-electron chi connectivity index (χ0n) is 51.0. The molecule has 0 spiro atoms. The monoisotopic (exact) mass is 1190 g/mol. The molecule has 0 radical (unpaired) electrons. The number of Topliss-reactive ketones (excluding diaryl/α,β-unsaturated/α-hetero) is 4. The molecule has 1 rings (SSSR count). The second-order valence-electron chi connectivity index (χ2n) is 21.3. The maximum Gasteiger partial charge on any atom is 0.306 e. The van der Waals surface area contributed by atoms with Crippen molar-refractivity contribution >= 4 is 58.8 Å². The summed E-state index contributed by atoms with van der Waals surface area (Å²) in [7, 11) is 0. The maximum absolute atomic E-state index is 13.5. The largest absolute Gasteiger partial charge is 0.508 e. The van der Waals surface area contributed by atoms with E-state index in [2.05, 4.69) is 34.8 Å². The number of benzene rings is 1. The minimum atomic E-state index is -1.08. The summed E-state index contributed by atoms with van der Waals surface area (Å²) in [4.78, 5) is 114. The minimum Gasteiger partial charge on any atom is -0.508 e. The fourth-order valence-electron chi connectivity index (χ4n) is 8.69. The molecule has 3 amide bonds. The Morgan fingerprint density at radius 3 is 1.73 bits per heavy atom. The van der Waals surface area contributed by atoms with Crippen LogP contribution < -0.4 is 33.2 Å². The van der Waals surface area contributed by atoms with Gasteiger partial charge in [0.1, 0.15) is 24.7 Å². The number of hydrogen-bond donors (Lipinski definition) is 9. The van der Waals surface area contributed by atoms with Crippen LogP contribution in [-0.4, -0.2) is 159 Å². The number of carboxylic acid groups (broad SMARTS) is 2. The molecule has 0 bridgehead atoms. The second-order valence-corrected chi connectivity index (χ2v) is 21.3. The van der Waals surface area contributed by atoms with Gasteiger partial charge in [-0.1, -0.05) is 123 Å². The average Bonchev–Trinajstić information content (AvgIpc) is 3.60. The molecule has 0 unspecified atom stereocenters. The lowest BCUT2D eigenvalue weighted by Gasteiger charge is -2.25. The molecule has 0 aromatic heterocycles. The topological polar surface area (TPSA) is 378 Å². The van der Waals surface area contributed by atoms with E-state index in [-0.39, 0.29) is 164 Å². The van der Waals surface area contributed by atoms with Crippen molar-refractivity contribution < 1.29 is 77.4 Å². The first-order chi connectivity index (χ1) is 40.2. The number of ketones is 4. The molecular formula is C61H105N7O16. The molecular weight excluding hydrogens is 1090 g/mol. The standard InChI is InChI=1S/C48H79N7O14.C13H26O2/c1-4-6-7-8-10-38(57)28-35(47(64)65)14-17-43(61)52-20-22-67-24-25-68-31-39(58)11-9-21-66-23-26-69-32-44(62)55-45(33(3)5-2)42(60)30-54-40(18-19-53-48(50)51)41(59)29-36(46(49)63)27-34-12-15-37(56)16-13-34;1-2-3-4-5-6-7-8-9-10-11-12-13(14)15/h12-13,15-16,33,35-36,40,45,54,56H,4-11,14,17-32H2,1-3H3,(H2,49,63)(H,52,61)(H,55,62)(H,64,65)(H4,50,51,53);2-12H2,1H3,(H,14,15)/t33-,35+,36+,40-,45-;/m0./s1. The number of hydrogen-bond acceptors (Lipinski definition) is 16. The number of guanidine groups is 1. The zero-order valence-corrected chi connectivity index (χ0v) is 51.0. The lowest BCUT2D eigenvalue weighted by Crippen LogP contribution is -2.51. The fraction of sp³-hybridized carbons (Fsp3) is 0.738. The van der Waals surface area contributed by atoms with Crippen molar-refractivity contribution in [2.75, 3.05) is 72.5 Å². The lowest BCUT2D eigenvalue weighted by atomic mass is 9.90. The van der Waals surface area contributed by atoms with Crippen LogP contribution in [0, 0.1) is 17.8 Å². The van der Waals surface area contributed by atoms with Crippen molar-refractivity contribution in [3.63, 3.8) is 0 Å². The Bertz CT molecular complexity index is 2040. The zero-order chi connectivity index (χ0) is 62.8. The number of phenolic OH excluding ortho intramolecular Hbond substituents is 1. The van der Waals surface area contributed by atoms with E-state index in [9.17, 15) is 53.4 Å². The first-order valence-electron chi connectivity index (χ1n) is 30.5. The molecule has 0 saturated heterocycles. The number of nitrogens with two attached hydrogens (primary N) is 3. The molecule has 0 saturated carbocycles. The summed E-state index contributed by atoms with van der Waals surface area (Å²) in [5, 5.41) is 35.8. The van der Waals surface area contributed by atoms with Gasteiger partial charge in [-0.15, -0.1) is 0 Å². The predicted octanol–water partition coefficient (Wildman–Crippen LogP) is 6.04. The van der Waals surface area contributed by atoms with E-state index < -0.39 is 47.7 Å². The number of primary amides is 1. The first-order valence-corrected chi connectivity index (χ1v) is 30.5. The molecule has 0 aliphatic heterocycles. The third-order valence-electron chi connectivity index (χ3n) is 13.9. The molecule has 12 N–H and O–H groups in total. The number of nitrogens with one attached hydrogen (secondary N) is 3. The summed E-state index contributed by atoms with van der Waals surface area (Å²) < 4.78 is 21.7. The van der Waals surface area contributed by atoms with Gasteiger partial charge < -0.3 is 67.4 Å². The van der Waals surface area contributed by atoms with Gasteiger partial charge in [-0.3, -0.25) is 48.1 Å². The Morgan fingerprint density at radius 2 is 1.14 bits per heavy atom. The molecule has 84 heavy (non-hydrogen) atoms. The van der Waals surface area contributed by atoms with Crippen molar-refractivity contribution in [3.8, 4) is 5.75 Å². The van der Waals surface area contributed by atoms with Gasteiger partial charge in [0, 0.05) is 64.1 Å². The van der Waals surface area contributed by atoms with Gasteiger partial charge in [-0.25, -0.2) is 0 Å². The van der Waals surface area contributed by atoms with Crippen LogP contribution in [0.15, 0.2) is 29.3 Å². The van der Waals surface area contributed by atoms with E-state index in [1.165, 1.54) is 63.5 Å². The molecule has 1 aromatic carbocycles. The molecule has 0 heterocycles. The molecule has 480 valence electrons. The summed E-state index contributed by atoms with van der Waals surface area (Å²) in [5.74, 6) is -6.34. The van der Waals surface area contributed by atoms with Crippen LogP contribution in [-0.2, 0) is 68.5 Å². The van der Waals surface area contributed by atoms with E-state index in [0.717, 1.165) is 38.5 Å². The Morgan fingerprint density at radius 1 is 0.583 bits per heavy atom. The summed E-state index contributed by atoms with van der Waals surface area (Å²) >= 11 is 0. The van der Waals surface area contributed by atoms with Crippen LogP contribution >= 0.6 is 0 Å². The molecule has 5 atom stereocenters. The Hall–Kier alpha value is -5.88. The number of phenols is 1. The number of carboxylic acids is 2. The molecule has 1 aromatic rings. The minimum absolute atomic E-state index is 0.0102. The number of aromatic hydroxyl groups is 1. The number of aliphatic imine (C=N–C) groups is 1. The van der Waals surface area contributed by atoms with Crippen LogP contribution in [0.4, 0.5) is 0 Å². The van der Waals surface area contributed by atoms with Gasteiger partial charge in [0.05, 0.1) is 57.6 Å². The molecule has 0 aliphatic carbocycles. The molecule has 23 nitrogen and oxygen atoms in total. The summed E-state index contributed by atoms with van der Waals surface area (Å²) in [5.41, 5.74) is 17.3. The fourth-order valence-corrected chi connectivity index (χ4v) is 8.69. The van der Waals surface area contributed by atoms with Crippen LogP contribution in [0.1, 0.15) is 187 Å². The van der Waals surface area contributed by atoms with Crippen molar-refractivity contribution in [3.05, 3.63) is 29.8 Å². The summed E-state index contributed by atoms with van der Waals surface area (Å²) in [6.07, 6.45) is 18.3. The second kappa shape index (κ2) is 51.5. The third kappa shape index (κ3) is 44.6. The quantitative estimate of drug-likeness (QED) is 0.0204. The van der Waals surface area contributed by atoms with E-state index >= 15 is 0 Å². The first kappa shape index (κ1) is 78.1. The summed E-state index contributed by atoms with van der Waals surface area (Å²) in [6, 6.07) is 4.39. The smallest absolute Gasteiger partial charge is 0.306 e. The highest BCUT2D eigenvalue weighted by Crippen LogP contribution is 2.19. The van der Waals surface area contributed by atoms with Gasteiger partial charge in [-0.2, -0.15) is 0 Å². The number of nitrogens with zero attached hydrogens (tertiary/aromatic N) is 1. The van der Waals surface area contributed by atoms with E-state index in [1.807, 2.05) is 13.8 Å². The SMILES string of the molecule is CCCCCCC(=O)C[C@@H](CCC(=O)NCCOCCOCC(=O)CCCOCCOCC(=O)N[C@H](C(=O)CN[C@@H](CCN=C(N)N)C(=O)C[C@@H](Cc1ccc(O)cc1)C(N)=O)[C@@H](C)CC)C(=O)O.CCCCCCCCCCCCC(=O)O. The van der Waals surface area contributed by atoms with Gasteiger partial charge >= 0.3 is 11.9 Å². The van der Waals surface area contributed by atoms with Crippen molar-refractivity contribution in [1.29, 1.82) is 0 Å². The number of amides is 3. The number of unbranched alkanes of at least 4 members (excludes halogenated alkanes) is 12. The molecule has 0 aliphatic rings. The van der Waals surface area contributed by atoms with Crippen LogP contribution in [0.25, 0.3) is 0 Å². The number of aliphatic carboxylic acids is 2. The van der Waals surface area contributed by atoms with Crippen molar-refractivity contribution in [2.45, 2.75) is 200 Å². The summed E-state index contributed by atoms with van der Waals surface area (Å²) in [6.45, 7) is 8.67. The van der Waals surface area contributed by atoms with Gasteiger partial charge in [0.2, 0.25) is 17.7 Å². The Balaban J connectivity index is 0.00000399.